The van der Waals surface area contributed by atoms with Crippen molar-refractivity contribution < 1.29 is 22.9 Å². The Bertz CT molecular complexity index is 971. The second-order valence-corrected chi connectivity index (χ2v) is 7.39. The van der Waals surface area contributed by atoms with Crippen LogP contribution in [0.15, 0.2) is 71.3 Å². The minimum absolute atomic E-state index is 0.0628. The number of piperazine rings is 1. The molecular weight excluding hydrogens is 388 g/mol. The van der Waals surface area contributed by atoms with Gasteiger partial charge in [0, 0.05) is 11.3 Å². The molecule has 1 atom stereocenters. The number of benzene rings is 2. The maximum atomic E-state index is 13.5. The zero-order valence-electron chi connectivity index (χ0n) is 16.5. The lowest BCUT2D eigenvalue weighted by molar-refractivity contribution is -0.932. The summed E-state index contributed by atoms with van der Waals surface area (Å²) in [6.07, 6.45) is 1.62. The van der Waals surface area contributed by atoms with Crippen LogP contribution in [-0.4, -0.2) is 38.6 Å². The fourth-order valence-electron chi connectivity index (χ4n) is 3.91. The van der Waals surface area contributed by atoms with E-state index in [-0.39, 0.29) is 11.6 Å². The molecule has 1 saturated heterocycles. The molecule has 0 unspecified atom stereocenters. The van der Waals surface area contributed by atoms with Crippen LogP contribution in [0.3, 0.4) is 0 Å². The first kappa shape index (κ1) is 20.1. The van der Waals surface area contributed by atoms with Crippen LogP contribution in [0.4, 0.5) is 14.5 Å². The minimum Gasteiger partial charge on any atom is -0.463 e. The molecule has 4 rings (SSSR count). The molecule has 1 aliphatic rings. The molecule has 2 aromatic carbocycles. The Morgan fingerprint density at radius 1 is 1.03 bits per heavy atom. The number of rotatable bonds is 6. The second kappa shape index (κ2) is 9.09. The number of quaternary nitrogens is 1. The van der Waals surface area contributed by atoms with E-state index in [0.717, 1.165) is 44.1 Å². The average molecular weight is 412 g/mol. The predicted molar refractivity (Wildman–Crippen MR) is 109 cm³/mol. The maximum Gasteiger partial charge on any atom is 0.251 e. The van der Waals surface area contributed by atoms with Gasteiger partial charge < -0.3 is 19.5 Å². The van der Waals surface area contributed by atoms with E-state index in [0.29, 0.717) is 6.54 Å². The van der Waals surface area contributed by atoms with Gasteiger partial charge in [-0.2, -0.15) is 0 Å². The summed E-state index contributed by atoms with van der Waals surface area (Å²) in [6.45, 7) is 3.91. The van der Waals surface area contributed by atoms with Crippen molar-refractivity contribution in [3.8, 4) is 0 Å². The molecule has 1 aromatic heterocycles. The molecular formula is C23H24F2N3O2+. The normalized spacial score (nSPS) is 15.7. The van der Waals surface area contributed by atoms with Crippen LogP contribution in [0.25, 0.3) is 0 Å². The zero-order valence-corrected chi connectivity index (χ0v) is 16.5. The number of nitrogens with zero attached hydrogens (tertiary/aromatic N) is 1. The summed E-state index contributed by atoms with van der Waals surface area (Å²) < 4.78 is 32.2. The number of furan rings is 1. The number of carbonyl (C=O) groups is 1. The highest BCUT2D eigenvalue weighted by Crippen LogP contribution is 2.15. The van der Waals surface area contributed by atoms with Gasteiger partial charge in [-0.1, -0.05) is 18.2 Å². The largest absolute Gasteiger partial charge is 0.463 e. The number of hydrogen-bond acceptors (Lipinski definition) is 3. The molecule has 1 fully saturated rings. The lowest BCUT2D eigenvalue weighted by atomic mass is 10.1. The van der Waals surface area contributed by atoms with E-state index in [2.05, 4.69) is 22.3 Å². The summed E-state index contributed by atoms with van der Waals surface area (Å²) in [7, 11) is 0. The molecule has 1 aliphatic heterocycles. The number of amides is 1. The highest BCUT2D eigenvalue weighted by molar-refractivity contribution is 5.94. The van der Waals surface area contributed by atoms with E-state index in [1.165, 1.54) is 16.7 Å². The van der Waals surface area contributed by atoms with E-state index in [9.17, 15) is 13.6 Å². The Hall–Kier alpha value is -3.19. The van der Waals surface area contributed by atoms with Gasteiger partial charge >= 0.3 is 0 Å². The third-order valence-electron chi connectivity index (χ3n) is 5.55. The Balaban J connectivity index is 1.41. The third kappa shape index (κ3) is 4.52. The van der Waals surface area contributed by atoms with Gasteiger partial charge in [0.1, 0.15) is 0 Å². The van der Waals surface area contributed by atoms with Gasteiger partial charge in [0.25, 0.3) is 5.91 Å². The first-order chi connectivity index (χ1) is 14.6. The van der Waals surface area contributed by atoms with Crippen LogP contribution in [0, 0.1) is 11.6 Å². The summed E-state index contributed by atoms with van der Waals surface area (Å²) in [5.41, 5.74) is 1.30. The molecule has 0 radical (unpaired) electrons. The van der Waals surface area contributed by atoms with E-state index >= 15 is 0 Å². The van der Waals surface area contributed by atoms with Crippen LogP contribution in [0.5, 0.6) is 0 Å². The lowest BCUT2D eigenvalue weighted by Crippen LogP contribution is -3.15. The summed E-state index contributed by atoms with van der Waals surface area (Å²) in [5, 5.41) is 2.85. The molecule has 0 saturated carbocycles. The number of carbonyl (C=O) groups excluding carboxylic acids is 1. The van der Waals surface area contributed by atoms with E-state index in [1.54, 1.807) is 6.26 Å². The quantitative estimate of drug-likeness (QED) is 0.654. The molecule has 3 aromatic rings. The minimum atomic E-state index is -1.03. The fourth-order valence-corrected chi connectivity index (χ4v) is 3.91. The van der Waals surface area contributed by atoms with Crippen molar-refractivity contribution in [2.45, 2.75) is 6.04 Å². The van der Waals surface area contributed by atoms with Gasteiger partial charge in [-0.15, -0.1) is 0 Å². The highest BCUT2D eigenvalue weighted by Gasteiger charge is 2.31. The molecule has 2 heterocycles. The average Bonchev–Trinajstić information content (AvgIpc) is 3.31. The van der Waals surface area contributed by atoms with Gasteiger partial charge in [-0.25, -0.2) is 8.78 Å². The van der Waals surface area contributed by atoms with Crippen LogP contribution in [-0.2, 0) is 0 Å². The molecule has 0 bridgehead atoms. The molecule has 0 aliphatic carbocycles. The molecule has 156 valence electrons. The van der Waals surface area contributed by atoms with Crippen molar-refractivity contribution in [1.29, 1.82) is 0 Å². The number of halogens is 2. The monoisotopic (exact) mass is 412 g/mol. The van der Waals surface area contributed by atoms with Crippen molar-refractivity contribution in [1.82, 2.24) is 5.32 Å². The van der Waals surface area contributed by atoms with Crippen molar-refractivity contribution in [2.75, 3.05) is 37.6 Å². The van der Waals surface area contributed by atoms with Crippen molar-refractivity contribution in [2.24, 2.45) is 0 Å². The summed E-state index contributed by atoms with van der Waals surface area (Å²) >= 11 is 0. The SMILES string of the molecule is O=C(NC[C@H](c1ccco1)[NH+]1CCN(c2ccccc2)CC1)c1ccc(F)c(F)c1. The van der Waals surface area contributed by atoms with Gasteiger partial charge in [0.05, 0.1) is 39.0 Å². The summed E-state index contributed by atoms with van der Waals surface area (Å²) in [4.78, 5) is 16.1. The number of para-hydroxylation sites is 1. The summed E-state index contributed by atoms with van der Waals surface area (Å²) in [5.74, 6) is -1.65. The first-order valence-corrected chi connectivity index (χ1v) is 10.0. The Labute approximate surface area is 173 Å². The number of anilines is 1. The van der Waals surface area contributed by atoms with Crippen molar-refractivity contribution in [3.05, 3.63) is 89.9 Å². The van der Waals surface area contributed by atoms with Crippen LogP contribution in [0.2, 0.25) is 0 Å². The molecule has 30 heavy (non-hydrogen) atoms. The third-order valence-corrected chi connectivity index (χ3v) is 5.55. The predicted octanol–water partition coefficient (Wildman–Crippen LogP) is 2.43. The lowest BCUT2D eigenvalue weighted by Gasteiger charge is -2.37. The van der Waals surface area contributed by atoms with Crippen molar-refractivity contribution in [3.63, 3.8) is 0 Å². The van der Waals surface area contributed by atoms with Gasteiger partial charge in [-0.05, 0) is 42.5 Å². The Morgan fingerprint density at radius 2 is 1.80 bits per heavy atom. The van der Waals surface area contributed by atoms with Gasteiger partial charge in [-0.3, -0.25) is 4.79 Å². The van der Waals surface area contributed by atoms with Gasteiger partial charge in [0.2, 0.25) is 0 Å². The van der Waals surface area contributed by atoms with E-state index in [4.69, 9.17) is 4.42 Å². The van der Waals surface area contributed by atoms with E-state index in [1.807, 2.05) is 30.3 Å². The molecule has 1 amide bonds. The Morgan fingerprint density at radius 3 is 2.47 bits per heavy atom. The first-order valence-electron chi connectivity index (χ1n) is 10.0. The molecule has 0 spiro atoms. The van der Waals surface area contributed by atoms with Crippen LogP contribution < -0.4 is 15.1 Å². The van der Waals surface area contributed by atoms with Crippen molar-refractivity contribution >= 4 is 11.6 Å². The van der Waals surface area contributed by atoms with Gasteiger partial charge in [0.15, 0.2) is 23.4 Å². The second-order valence-electron chi connectivity index (χ2n) is 7.39. The molecule has 7 heteroatoms. The highest BCUT2D eigenvalue weighted by atomic mass is 19.2. The number of nitrogens with one attached hydrogen (secondary N) is 2. The molecule has 5 nitrogen and oxygen atoms in total. The van der Waals surface area contributed by atoms with Crippen LogP contribution in [0.1, 0.15) is 22.2 Å². The maximum absolute atomic E-state index is 13.5. The van der Waals surface area contributed by atoms with Crippen LogP contribution >= 0.6 is 0 Å². The topological polar surface area (TPSA) is 49.9 Å². The Kier molecular flexibility index (Phi) is 6.09. The van der Waals surface area contributed by atoms with E-state index < -0.39 is 17.5 Å². The molecule has 2 N–H and O–H groups in total. The number of hydrogen-bond donors (Lipinski definition) is 2. The summed E-state index contributed by atoms with van der Waals surface area (Å²) in [6, 6.07) is 17.1. The zero-order chi connectivity index (χ0) is 20.9. The standard InChI is InChI=1S/C23H23F2N3O2/c24-19-9-8-17(15-20(19)25)23(29)26-16-21(22-7-4-14-30-22)28-12-10-27(11-13-28)18-5-2-1-3-6-18/h1-9,14-15,21H,10-13,16H2,(H,26,29)/p+1/t21-/m1/s1. The smallest absolute Gasteiger partial charge is 0.251 e. The fraction of sp³-hybridized carbons (Fsp3) is 0.261.